The summed E-state index contributed by atoms with van der Waals surface area (Å²) in [5, 5.41) is 18.5. The summed E-state index contributed by atoms with van der Waals surface area (Å²) >= 11 is 0. The monoisotopic (exact) mass is 181 g/mol. The molecule has 0 bridgehead atoms. The van der Waals surface area contributed by atoms with E-state index in [4.69, 9.17) is 10.8 Å². The van der Waals surface area contributed by atoms with Crippen LogP contribution < -0.4 is 5.73 Å². The van der Waals surface area contributed by atoms with Crippen LogP contribution in [0.3, 0.4) is 0 Å². The SMILES string of the molecule is CCC(C)c1ccc(O)c(O)c1N. The van der Waals surface area contributed by atoms with Gasteiger partial charge >= 0.3 is 0 Å². The molecule has 1 atom stereocenters. The molecule has 0 heterocycles. The molecule has 1 rings (SSSR count). The minimum atomic E-state index is -0.210. The molecule has 72 valence electrons. The number of nitrogens with two attached hydrogens (primary N) is 1. The minimum Gasteiger partial charge on any atom is -0.504 e. The highest BCUT2D eigenvalue weighted by atomic mass is 16.3. The van der Waals surface area contributed by atoms with Gasteiger partial charge in [-0.15, -0.1) is 0 Å². The lowest BCUT2D eigenvalue weighted by Crippen LogP contribution is -1.98. The average Bonchev–Trinajstić information content (AvgIpc) is 2.13. The molecule has 0 aromatic heterocycles. The van der Waals surface area contributed by atoms with E-state index in [0.29, 0.717) is 5.92 Å². The van der Waals surface area contributed by atoms with E-state index in [1.807, 2.05) is 13.8 Å². The summed E-state index contributed by atoms with van der Waals surface area (Å²) in [7, 11) is 0. The van der Waals surface area contributed by atoms with Crippen LogP contribution in [0.5, 0.6) is 11.5 Å². The molecular weight excluding hydrogens is 166 g/mol. The number of rotatable bonds is 2. The van der Waals surface area contributed by atoms with E-state index in [-0.39, 0.29) is 17.2 Å². The standard InChI is InChI=1S/C10H15NO2/c1-3-6(2)7-4-5-8(12)10(13)9(7)11/h4-6,12-13H,3,11H2,1-2H3. The van der Waals surface area contributed by atoms with Gasteiger partial charge in [0, 0.05) is 0 Å². The molecule has 0 saturated heterocycles. The smallest absolute Gasteiger partial charge is 0.181 e. The van der Waals surface area contributed by atoms with Crippen molar-refractivity contribution in [2.45, 2.75) is 26.2 Å². The molecule has 0 aliphatic carbocycles. The molecule has 0 aliphatic rings. The Morgan fingerprint density at radius 3 is 2.54 bits per heavy atom. The lowest BCUT2D eigenvalue weighted by molar-refractivity contribution is 0.405. The van der Waals surface area contributed by atoms with Crippen LogP contribution in [0.15, 0.2) is 12.1 Å². The van der Waals surface area contributed by atoms with Gasteiger partial charge in [-0.05, 0) is 24.0 Å². The number of hydrogen-bond acceptors (Lipinski definition) is 3. The normalized spacial score (nSPS) is 12.8. The van der Waals surface area contributed by atoms with Crippen LogP contribution in [0.25, 0.3) is 0 Å². The highest BCUT2D eigenvalue weighted by molar-refractivity contribution is 5.64. The summed E-state index contributed by atoms with van der Waals surface area (Å²) in [5.74, 6) is -0.0751. The fourth-order valence-corrected chi connectivity index (χ4v) is 1.26. The average molecular weight is 181 g/mol. The quantitative estimate of drug-likeness (QED) is 0.484. The number of aromatic hydroxyl groups is 2. The zero-order valence-corrected chi connectivity index (χ0v) is 7.91. The van der Waals surface area contributed by atoms with Crippen molar-refractivity contribution in [1.82, 2.24) is 0 Å². The predicted octanol–water partition coefficient (Wildman–Crippen LogP) is 2.19. The molecular formula is C10H15NO2. The van der Waals surface area contributed by atoms with Gasteiger partial charge in [0.15, 0.2) is 11.5 Å². The fourth-order valence-electron chi connectivity index (χ4n) is 1.26. The summed E-state index contributed by atoms with van der Waals surface area (Å²) in [6, 6.07) is 3.21. The molecule has 1 unspecified atom stereocenters. The Labute approximate surface area is 77.8 Å². The summed E-state index contributed by atoms with van der Waals surface area (Å²) < 4.78 is 0. The Bertz CT molecular complexity index is 310. The third kappa shape index (κ3) is 1.69. The van der Waals surface area contributed by atoms with Crippen molar-refractivity contribution >= 4 is 5.69 Å². The van der Waals surface area contributed by atoms with E-state index in [2.05, 4.69) is 0 Å². The van der Waals surface area contributed by atoms with Crippen LogP contribution in [-0.4, -0.2) is 10.2 Å². The molecule has 0 radical (unpaired) electrons. The van der Waals surface area contributed by atoms with Gasteiger partial charge in [-0.3, -0.25) is 0 Å². The fraction of sp³-hybridized carbons (Fsp3) is 0.400. The molecule has 1 aromatic carbocycles. The first-order chi connectivity index (χ1) is 6.07. The summed E-state index contributed by atoms with van der Waals surface area (Å²) in [6.45, 7) is 4.08. The molecule has 3 nitrogen and oxygen atoms in total. The van der Waals surface area contributed by atoms with Crippen molar-refractivity contribution in [2.24, 2.45) is 0 Å². The zero-order valence-electron chi connectivity index (χ0n) is 7.91. The summed E-state index contributed by atoms with van der Waals surface area (Å²) in [4.78, 5) is 0. The second kappa shape index (κ2) is 3.56. The molecule has 0 spiro atoms. The van der Waals surface area contributed by atoms with Crippen LogP contribution in [-0.2, 0) is 0 Å². The first kappa shape index (κ1) is 9.71. The van der Waals surface area contributed by atoms with E-state index in [9.17, 15) is 5.11 Å². The molecule has 0 saturated carbocycles. The molecule has 13 heavy (non-hydrogen) atoms. The number of benzene rings is 1. The molecule has 3 heteroatoms. The maximum absolute atomic E-state index is 9.36. The van der Waals surface area contributed by atoms with Crippen molar-refractivity contribution in [3.05, 3.63) is 17.7 Å². The van der Waals surface area contributed by atoms with Crippen LogP contribution in [0.1, 0.15) is 31.7 Å². The van der Waals surface area contributed by atoms with Gasteiger partial charge in [-0.25, -0.2) is 0 Å². The predicted molar refractivity (Wildman–Crippen MR) is 52.9 cm³/mol. The van der Waals surface area contributed by atoms with Crippen molar-refractivity contribution in [1.29, 1.82) is 0 Å². The van der Waals surface area contributed by atoms with Gasteiger partial charge in [0.05, 0.1) is 5.69 Å². The van der Waals surface area contributed by atoms with Crippen LogP contribution in [0.2, 0.25) is 0 Å². The van der Waals surface area contributed by atoms with Gasteiger partial charge < -0.3 is 15.9 Å². The summed E-state index contributed by atoms with van der Waals surface area (Å²) in [5.41, 5.74) is 6.82. The van der Waals surface area contributed by atoms with E-state index in [1.165, 1.54) is 6.07 Å². The lowest BCUT2D eigenvalue weighted by Gasteiger charge is -2.13. The number of nitrogen functional groups attached to an aromatic ring is 1. The van der Waals surface area contributed by atoms with Gasteiger partial charge in [-0.1, -0.05) is 19.9 Å². The van der Waals surface area contributed by atoms with E-state index < -0.39 is 0 Å². The Morgan fingerprint density at radius 1 is 1.38 bits per heavy atom. The Hall–Kier alpha value is -1.38. The molecule has 1 aromatic rings. The summed E-state index contributed by atoms with van der Waals surface area (Å²) in [6.07, 6.45) is 0.953. The number of phenolic OH excluding ortho intramolecular Hbond substituents is 2. The second-order valence-corrected chi connectivity index (χ2v) is 3.25. The zero-order chi connectivity index (χ0) is 10.0. The van der Waals surface area contributed by atoms with Crippen molar-refractivity contribution in [3.63, 3.8) is 0 Å². The molecule has 4 N–H and O–H groups in total. The third-order valence-electron chi connectivity index (χ3n) is 2.37. The Balaban J connectivity index is 3.18. The highest BCUT2D eigenvalue weighted by Crippen LogP contribution is 2.37. The largest absolute Gasteiger partial charge is 0.504 e. The lowest BCUT2D eigenvalue weighted by atomic mass is 9.96. The molecule has 0 amide bonds. The van der Waals surface area contributed by atoms with E-state index in [0.717, 1.165) is 12.0 Å². The van der Waals surface area contributed by atoms with E-state index >= 15 is 0 Å². The number of phenols is 2. The van der Waals surface area contributed by atoms with Crippen molar-refractivity contribution in [3.8, 4) is 11.5 Å². The van der Waals surface area contributed by atoms with Crippen molar-refractivity contribution < 1.29 is 10.2 Å². The molecule has 0 aliphatic heterocycles. The Kier molecular flexibility index (Phi) is 2.66. The van der Waals surface area contributed by atoms with Gasteiger partial charge in [0.25, 0.3) is 0 Å². The highest BCUT2D eigenvalue weighted by Gasteiger charge is 2.12. The second-order valence-electron chi connectivity index (χ2n) is 3.25. The topological polar surface area (TPSA) is 66.5 Å². The van der Waals surface area contributed by atoms with Gasteiger partial charge in [0.1, 0.15) is 0 Å². The maximum atomic E-state index is 9.36. The van der Waals surface area contributed by atoms with E-state index in [1.54, 1.807) is 6.07 Å². The van der Waals surface area contributed by atoms with Crippen LogP contribution in [0, 0.1) is 0 Å². The molecule has 0 fully saturated rings. The Morgan fingerprint density at radius 2 is 2.00 bits per heavy atom. The van der Waals surface area contributed by atoms with Crippen LogP contribution >= 0.6 is 0 Å². The van der Waals surface area contributed by atoms with Gasteiger partial charge in [0.2, 0.25) is 0 Å². The first-order valence-corrected chi connectivity index (χ1v) is 4.38. The van der Waals surface area contributed by atoms with Gasteiger partial charge in [-0.2, -0.15) is 0 Å². The third-order valence-corrected chi connectivity index (χ3v) is 2.37. The maximum Gasteiger partial charge on any atom is 0.181 e. The van der Waals surface area contributed by atoms with Crippen molar-refractivity contribution in [2.75, 3.05) is 5.73 Å². The number of hydrogen-bond donors (Lipinski definition) is 3. The van der Waals surface area contributed by atoms with Crippen LogP contribution in [0.4, 0.5) is 5.69 Å². The minimum absolute atomic E-state index is 0.162. The number of anilines is 1. The first-order valence-electron chi connectivity index (χ1n) is 4.38.